The zero-order chi connectivity index (χ0) is 26.0. The average Bonchev–Trinajstić information content (AvgIpc) is 3.28. The van der Waals surface area contributed by atoms with Crippen LogP contribution in [0.15, 0.2) is 90.2 Å². The molecule has 10 heteroatoms. The Balaban J connectivity index is 1.33. The van der Waals surface area contributed by atoms with Gasteiger partial charge in [-0.05, 0) is 53.6 Å². The lowest BCUT2D eigenvalue weighted by molar-refractivity contribution is -0.274. The SMILES string of the molecule is O=C(CN1CC(c2cnc3cc(Cl)ccc3c2)C(c2ccccc2)=N1)Nc1ccc(OC(F)(F)F)cc1. The first-order valence-corrected chi connectivity index (χ1v) is 11.7. The Morgan fingerprint density at radius 2 is 1.81 bits per heavy atom. The van der Waals surface area contributed by atoms with E-state index in [1.165, 1.54) is 12.1 Å². The summed E-state index contributed by atoms with van der Waals surface area (Å²) in [7, 11) is 0. The number of benzene rings is 3. The largest absolute Gasteiger partial charge is 0.573 e. The van der Waals surface area contributed by atoms with E-state index in [0.717, 1.165) is 39.9 Å². The summed E-state index contributed by atoms with van der Waals surface area (Å²) in [5.74, 6) is -0.842. The van der Waals surface area contributed by atoms with E-state index in [2.05, 4.69) is 21.1 Å². The Morgan fingerprint density at radius 1 is 1.05 bits per heavy atom. The number of hydrazone groups is 1. The molecule has 0 spiro atoms. The summed E-state index contributed by atoms with van der Waals surface area (Å²) in [6.07, 6.45) is -2.98. The smallest absolute Gasteiger partial charge is 0.406 e. The number of nitrogens with zero attached hydrogens (tertiary/aromatic N) is 3. The predicted molar refractivity (Wildman–Crippen MR) is 136 cm³/mol. The molecular formula is C27H20ClF3N4O2. The Morgan fingerprint density at radius 3 is 2.54 bits per heavy atom. The molecule has 0 saturated heterocycles. The van der Waals surface area contributed by atoms with Gasteiger partial charge in [-0.1, -0.05) is 48.0 Å². The Hall–Kier alpha value is -4.11. The zero-order valence-electron chi connectivity index (χ0n) is 19.2. The van der Waals surface area contributed by atoms with Crippen LogP contribution in [0.2, 0.25) is 5.02 Å². The molecule has 6 nitrogen and oxygen atoms in total. The Bertz CT molecular complexity index is 1460. The van der Waals surface area contributed by atoms with Gasteiger partial charge in [-0.3, -0.25) is 14.8 Å². The van der Waals surface area contributed by atoms with Crippen molar-refractivity contribution in [3.8, 4) is 5.75 Å². The zero-order valence-corrected chi connectivity index (χ0v) is 20.0. The highest BCUT2D eigenvalue weighted by Crippen LogP contribution is 2.31. The van der Waals surface area contributed by atoms with Crippen molar-refractivity contribution in [1.82, 2.24) is 9.99 Å². The fraction of sp³-hybridized carbons (Fsp3) is 0.148. The lowest BCUT2D eigenvalue weighted by Crippen LogP contribution is -2.29. The van der Waals surface area contributed by atoms with E-state index in [1.807, 2.05) is 42.5 Å². The van der Waals surface area contributed by atoms with E-state index < -0.39 is 6.36 Å². The molecule has 0 saturated carbocycles. The monoisotopic (exact) mass is 524 g/mol. The number of amides is 1. The maximum atomic E-state index is 12.7. The minimum Gasteiger partial charge on any atom is -0.406 e. The number of fused-ring (bicyclic) bond motifs is 1. The molecule has 5 rings (SSSR count). The first-order valence-electron chi connectivity index (χ1n) is 11.3. The maximum absolute atomic E-state index is 12.7. The Labute approximate surface area is 215 Å². The molecule has 1 unspecified atom stereocenters. The second-order valence-corrected chi connectivity index (χ2v) is 8.91. The molecule has 1 N–H and O–H groups in total. The third-order valence-corrected chi connectivity index (χ3v) is 6.04. The van der Waals surface area contributed by atoms with E-state index in [-0.39, 0.29) is 24.1 Å². The molecule has 37 heavy (non-hydrogen) atoms. The van der Waals surface area contributed by atoms with E-state index in [9.17, 15) is 18.0 Å². The molecule has 188 valence electrons. The van der Waals surface area contributed by atoms with Gasteiger partial charge < -0.3 is 10.1 Å². The number of carbonyl (C=O) groups excluding carboxylic acids is 1. The van der Waals surface area contributed by atoms with Crippen molar-refractivity contribution in [2.24, 2.45) is 5.10 Å². The van der Waals surface area contributed by atoms with E-state index >= 15 is 0 Å². The summed E-state index contributed by atoms with van der Waals surface area (Å²) in [4.78, 5) is 17.3. The first kappa shape index (κ1) is 24.6. The van der Waals surface area contributed by atoms with Crippen LogP contribution in [0.5, 0.6) is 5.75 Å². The minimum atomic E-state index is -4.78. The van der Waals surface area contributed by atoms with Gasteiger partial charge in [0.2, 0.25) is 5.91 Å². The number of rotatable bonds is 6. The second kappa shape index (κ2) is 10.1. The third kappa shape index (κ3) is 6.00. The highest BCUT2D eigenvalue weighted by Gasteiger charge is 2.32. The van der Waals surface area contributed by atoms with Crippen molar-refractivity contribution in [2.75, 3.05) is 18.4 Å². The van der Waals surface area contributed by atoms with Crippen molar-refractivity contribution in [1.29, 1.82) is 0 Å². The summed E-state index contributed by atoms with van der Waals surface area (Å²) in [6.45, 7) is 0.418. The molecule has 4 aromatic rings. The van der Waals surface area contributed by atoms with Crippen molar-refractivity contribution in [3.05, 3.63) is 101 Å². The first-order chi connectivity index (χ1) is 17.7. The van der Waals surface area contributed by atoms with Crippen LogP contribution in [0.1, 0.15) is 17.0 Å². The van der Waals surface area contributed by atoms with Crippen LogP contribution in [-0.4, -0.2) is 41.1 Å². The van der Waals surface area contributed by atoms with Crippen molar-refractivity contribution >= 4 is 39.8 Å². The second-order valence-electron chi connectivity index (χ2n) is 8.48. The van der Waals surface area contributed by atoms with Gasteiger partial charge in [0, 0.05) is 34.8 Å². The van der Waals surface area contributed by atoms with Crippen molar-refractivity contribution in [3.63, 3.8) is 0 Å². The number of halogens is 4. The van der Waals surface area contributed by atoms with Crippen LogP contribution in [0.3, 0.4) is 0 Å². The molecule has 1 aromatic heterocycles. The summed E-state index contributed by atoms with van der Waals surface area (Å²) in [6, 6.07) is 22.3. The van der Waals surface area contributed by atoms with Gasteiger partial charge in [0.25, 0.3) is 0 Å². The lowest BCUT2D eigenvalue weighted by Gasteiger charge is -2.17. The molecule has 0 fully saturated rings. The minimum absolute atomic E-state index is 0.0374. The highest BCUT2D eigenvalue weighted by molar-refractivity contribution is 6.31. The summed E-state index contributed by atoms with van der Waals surface area (Å²) in [5.41, 5.74) is 3.85. The average molecular weight is 525 g/mol. The number of hydrogen-bond acceptors (Lipinski definition) is 5. The van der Waals surface area contributed by atoms with Crippen molar-refractivity contribution < 1.29 is 22.7 Å². The van der Waals surface area contributed by atoms with Crippen LogP contribution < -0.4 is 10.1 Å². The van der Waals surface area contributed by atoms with E-state index in [4.69, 9.17) is 16.7 Å². The molecular weight excluding hydrogens is 505 g/mol. The normalized spacial score (nSPS) is 15.5. The topological polar surface area (TPSA) is 66.8 Å². The predicted octanol–water partition coefficient (Wildman–Crippen LogP) is 6.23. The van der Waals surface area contributed by atoms with Crippen molar-refractivity contribution in [2.45, 2.75) is 12.3 Å². The number of pyridine rings is 1. The van der Waals surface area contributed by atoms with E-state index in [1.54, 1.807) is 17.3 Å². The van der Waals surface area contributed by atoms with Gasteiger partial charge in [-0.25, -0.2) is 0 Å². The van der Waals surface area contributed by atoms with Gasteiger partial charge in [0.05, 0.1) is 11.2 Å². The fourth-order valence-corrected chi connectivity index (χ4v) is 4.37. The molecule has 1 atom stereocenters. The number of aromatic nitrogens is 1. The molecule has 3 aromatic carbocycles. The van der Waals surface area contributed by atoms with Crippen LogP contribution in [0.25, 0.3) is 10.9 Å². The number of carbonyl (C=O) groups is 1. The van der Waals surface area contributed by atoms with Gasteiger partial charge >= 0.3 is 6.36 Å². The van der Waals surface area contributed by atoms with Gasteiger partial charge in [0.1, 0.15) is 12.3 Å². The summed E-state index contributed by atoms with van der Waals surface area (Å²) >= 11 is 6.09. The van der Waals surface area contributed by atoms with Gasteiger partial charge in [0.15, 0.2) is 0 Å². The van der Waals surface area contributed by atoms with Gasteiger partial charge in [-0.2, -0.15) is 5.10 Å². The number of ether oxygens (including phenoxy) is 1. The molecule has 1 aliphatic rings. The standard InChI is InChI=1S/C27H20ClF3N4O2/c28-20-7-6-18-12-19(14-32-24(18)13-20)23-15-35(34-26(23)17-4-2-1-3-5-17)16-25(36)33-21-8-10-22(11-9-21)37-27(29,30)31/h1-14,23H,15-16H2,(H,33,36). The van der Waals surface area contributed by atoms with Crippen LogP contribution >= 0.6 is 11.6 Å². The molecule has 0 radical (unpaired) electrons. The van der Waals surface area contributed by atoms with Crippen LogP contribution in [0.4, 0.5) is 18.9 Å². The van der Waals surface area contributed by atoms with Gasteiger partial charge in [-0.15, -0.1) is 13.2 Å². The highest BCUT2D eigenvalue weighted by atomic mass is 35.5. The fourth-order valence-electron chi connectivity index (χ4n) is 4.20. The molecule has 0 aliphatic carbocycles. The Kier molecular flexibility index (Phi) is 6.71. The third-order valence-electron chi connectivity index (χ3n) is 5.81. The molecule has 1 aliphatic heterocycles. The number of anilines is 1. The quantitative estimate of drug-likeness (QED) is 0.325. The maximum Gasteiger partial charge on any atom is 0.573 e. The summed E-state index contributed by atoms with van der Waals surface area (Å²) < 4.78 is 40.9. The lowest BCUT2D eigenvalue weighted by atomic mass is 9.91. The molecule has 0 bridgehead atoms. The number of hydrogen-bond donors (Lipinski definition) is 1. The molecule has 2 heterocycles. The van der Waals surface area contributed by atoms with Crippen LogP contribution in [0, 0.1) is 0 Å². The van der Waals surface area contributed by atoms with Crippen LogP contribution in [-0.2, 0) is 4.79 Å². The number of nitrogens with one attached hydrogen (secondary N) is 1. The summed E-state index contributed by atoms with van der Waals surface area (Å²) in [5, 5.41) is 10.7. The van der Waals surface area contributed by atoms with E-state index in [0.29, 0.717) is 17.3 Å². The number of alkyl halides is 3. The molecule has 1 amide bonds.